The van der Waals surface area contributed by atoms with E-state index in [1.54, 1.807) is 0 Å². The van der Waals surface area contributed by atoms with Crippen LogP contribution in [0.4, 0.5) is 0 Å². The van der Waals surface area contributed by atoms with Crippen LogP contribution in [0.3, 0.4) is 0 Å². The van der Waals surface area contributed by atoms with Crippen molar-refractivity contribution < 1.29 is 40.9 Å². The van der Waals surface area contributed by atoms with Gasteiger partial charge in [-0.1, -0.05) is 43.9 Å². The van der Waals surface area contributed by atoms with Crippen molar-refractivity contribution in [1.82, 2.24) is 0 Å². The summed E-state index contributed by atoms with van der Waals surface area (Å²) < 4.78 is 0. The molecule has 0 unspecified atom stereocenters. The monoisotopic (exact) mass is 436 g/mol. The molecule has 2 saturated carbocycles. The molecule has 0 amide bonds. The van der Waals surface area contributed by atoms with E-state index in [0.717, 1.165) is 6.42 Å². The quantitative estimate of drug-likeness (QED) is 0.450. The second-order valence-electron chi connectivity index (χ2n) is 4.88. The number of hydrogen-bond acceptors (Lipinski definition) is 2. The van der Waals surface area contributed by atoms with Crippen LogP contribution in [0, 0.1) is 18.3 Å². The van der Waals surface area contributed by atoms with Gasteiger partial charge in [0, 0.05) is 0 Å². The molecule has 0 aliphatic heterocycles. The topological polar surface area (TPSA) is 98.4 Å². The molecule has 2 rings (SSSR count). The molecular weight excluding hydrogens is 417 g/mol. The summed E-state index contributed by atoms with van der Waals surface area (Å²) in [5.41, 5.74) is 8.33. The number of nitrogens with one attached hydrogen (secondary N) is 1. The molecule has 0 aromatic carbocycles. The van der Waals surface area contributed by atoms with Crippen LogP contribution in [0.1, 0.15) is 38.5 Å². The molecular formula is C12H19NO4Pt. The Labute approximate surface area is 121 Å². The first-order chi connectivity index (χ1) is 7.90. The van der Waals surface area contributed by atoms with Crippen LogP contribution in [0.2, 0.25) is 0 Å². The van der Waals surface area contributed by atoms with E-state index in [0.29, 0.717) is 11.3 Å². The van der Waals surface area contributed by atoms with Gasteiger partial charge in [0.2, 0.25) is 0 Å². The first kappa shape index (κ1) is 17.6. The van der Waals surface area contributed by atoms with Crippen LogP contribution in [0.15, 0.2) is 0 Å². The molecule has 0 heterocycles. The van der Waals surface area contributed by atoms with Crippen molar-refractivity contribution in [3.05, 3.63) is 12.7 Å². The van der Waals surface area contributed by atoms with E-state index in [2.05, 4.69) is 6.92 Å². The van der Waals surface area contributed by atoms with Crippen LogP contribution < -0.4 is 0 Å². The van der Waals surface area contributed by atoms with Gasteiger partial charge in [-0.3, -0.25) is 0 Å². The number of rotatable bonds is 0. The minimum absolute atomic E-state index is 0. The molecule has 5 nitrogen and oxygen atoms in total. The number of carbonyl (C=O) groups is 2. The van der Waals surface area contributed by atoms with E-state index >= 15 is 0 Å². The molecule has 106 valence electrons. The van der Waals surface area contributed by atoms with Crippen molar-refractivity contribution in [2.75, 3.05) is 0 Å². The summed E-state index contributed by atoms with van der Waals surface area (Å²) in [5, 5.41) is 14.8. The Bertz CT molecular complexity index is 278. The molecule has 0 bridgehead atoms. The van der Waals surface area contributed by atoms with Gasteiger partial charge in [-0.05, 0) is 0 Å². The van der Waals surface area contributed by atoms with Crippen molar-refractivity contribution in [1.29, 1.82) is 0 Å². The van der Waals surface area contributed by atoms with Gasteiger partial charge in [0.15, 0.2) is 0 Å². The second kappa shape index (κ2) is 7.24. The number of hydrogen-bond donors (Lipinski definition) is 2. The molecule has 2 fully saturated rings. The Kier molecular flexibility index (Phi) is 7.08. The smallest absolute Gasteiger partial charge is 0.674 e. The fourth-order valence-corrected chi connectivity index (χ4v) is 3.05. The molecule has 6 heteroatoms. The summed E-state index contributed by atoms with van der Waals surface area (Å²) in [5.74, 6) is -3.06. The molecule has 1 spiro atoms. The summed E-state index contributed by atoms with van der Waals surface area (Å²) in [7, 11) is 0. The van der Waals surface area contributed by atoms with Crippen molar-refractivity contribution in [2.45, 2.75) is 44.6 Å². The maximum Gasteiger partial charge on any atom is 2.00 e. The molecule has 0 aromatic heterocycles. The molecule has 3 atom stereocenters. The minimum atomic E-state index is -1.82. The molecule has 2 aliphatic carbocycles. The predicted molar refractivity (Wildman–Crippen MR) is 62.4 cm³/mol. The second-order valence-corrected chi connectivity index (χ2v) is 4.88. The first-order valence-corrected chi connectivity index (χ1v) is 5.90. The maximum atomic E-state index is 9.10. The standard InChI is InChI=1S/C10H17N.C2H2O4.Pt/c1-8-4-2-6-10(8)7-3-5-9(10)11;3-1(4)2(5)6;/h8-9,11H,1-7H2;(H,3,4)(H,5,6);/q-2;;+2/t8-,9-,10-;;/m0../s1. The molecule has 0 saturated heterocycles. The van der Waals surface area contributed by atoms with Crippen LogP contribution in [-0.2, 0) is 30.7 Å². The summed E-state index contributed by atoms with van der Waals surface area (Å²) in [6, 6.07) is 0.215. The molecule has 18 heavy (non-hydrogen) atoms. The largest absolute Gasteiger partial charge is 2.00 e. The van der Waals surface area contributed by atoms with Crippen LogP contribution in [0.25, 0.3) is 5.73 Å². The number of carboxylic acid groups (broad SMARTS) is 2. The summed E-state index contributed by atoms with van der Waals surface area (Å²) in [6.07, 6.45) is 7.58. The fourth-order valence-electron chi connectivity index (χ4n) is 3.05. The van der Waals surface area contributed by atoms with Gasteiger partial charge in [0.1, 0.15) is 0 Å². The maximum absolute atomic E-state index is 9.10. The van der Waals surface area contributed by atoms with Gasteiger partial charge in [-0.15, -0.1) is 6.04 Å². The zero-order chi connectivity index (χ0) is 13.1. The average molecular weight is 436 g/mol. The third-order valence-corrected chi connectivity index (χ3v) is 4.02. The van der Waals surface area contributed by atoms with Gasteiger partial charge in [-0.25, -0.2) is 9.59 Å². The average Bonchev–Trinajstić information content (AvgIpc) is 2.78. The van der Waals surface area contributed by atoms with Crippen LogP contribution in [0.5, 0.6) is 0 Å². The molecule has 0 radical (unpaired) electrons. The summed E-state index contributed by atoms with van der Waals surface area (Å²) >= 11 is 0. The Morgan fingerprint density at radius 1 is 1.11 bits per heavy atom. The van der Waals surface area contributed by atoms with Gasteiger partial charge < -0.3 is 22.9 Å². The number of aliphatic carboxylic acids is 2. The van der Waals surface area contributed by atoms with E-state index < -0.39 is 11.9 Å². The van der Waals surface area contributed by atoms with Gasteiger partial charge in [0.25, 0.3) is 0 Å². The predicted octanol–water partition coefficient (Wildman–Crippen LogP) is 2.36. The molecule has 3 N–H and O–H groups in total. The van der Waals surface area contributed by atoms with Crippen molar-refractivity contribution in [3.63, 3.8) is 0 Å². The van der Waals surface area contributed by atoms with E-state index in [4.69, 9.17) is 25.5 Å². The van der Waals surface area contributed by atoms with Crippen LogP contribution >= 0.6 is 0 Å². The zero-order valence-electron chi connectivity index (χ0n) is 10.1. The van der Waals surface area contributed by atoms with Crippen LogP contribution in [-0.4, -0.2) is 28.2 Å². The van der Waals surface area contributed by atoms with E-state index in [1.807, 2.05) is 0 Å². The van der Waals surface area contributed by atoms with Crippen molar-refractivity contribution in [2.24, 2.45) is 11.3 Å². The van der Waals surface area contributed by atoms with E-state index in [-0.39, 0.29) is 27.1 Å². The summed E-state index contributed by atoms with van der Waals surface area (Å²) in [6.45, 7) is 4.20. The Balaban J connectivity index is 0.000000362. The fraction of sp³-hybridized carbons (Fsp3) is 0.750. The minimum Gasteiger partial charge on any atom is -0.674 e. The van der Waals surface area contributed by atoms with E-state index in [1.165, 1.54) is 32.1 Å². The van der Waals surface area contributed by atoms with Gasteiger partial charge >= 0.3 is 33.0 Å². The van der Waals surface area contributed by atoms with E-state index in [9.17, 15) is 0 Å². The van der Waals surface area contributed by atoms with Crippen molar-refractivity contribution in [3.8, 4) is 0 Å². The Morgan fingerprint density at radius 3 is 1.83 bits per heavy atom. The molecule has 0 aromatic rings. The third kappa shape index (κ3) is 3.79. The van der Waals surface area contributed by atoms with Gasteiger partial charge in [-0.2, -0.15) is 5.92 Å². The Hall–Kier alpha value is -0.412. The SMILES string of the molecule is O=C(O)C(=O)O.[CH2-][C@H]1CCC[C@]12CCC[C@@H]2[NH-].[Pt+2]. The van der Waals surface area contributed by atoms with Gasteiger partial charge in [0.05, 0.1) is 0 Å². The zero-order valence-corrected chi connectivity index (χ0v) is 12.4. The number of carboxylic acids is 2. The Morgan fingerprint density at radius 2 is 1.56 bits per heavy atom. The van der Waals surface area contributed by atoms with Crippen molar-refractivity contribution >= 4 is 11.9 Å². The summed E-state index contributed by atoms with van der Waals surface area (Å²) in [4.78, 5) is 18.2. The normalized spacial score (nSPS) is 33.4. The first-order valence-electron chi connectivity index (χ1n) is 5.90. The molecule has 2 aliphatic rings. The third-order valence-electron chi connectivity index (χ3n) is 4.02.